The SMILES string of the molecule is CNC(=O)c1cnn(CC2CCN(CC3(O)CCCCC3)CC2)c1. The van der Waals surface area contributed by atoms with Crippen LogP contribution in [0.3, 0.4) is 0 Å². The Balaban J connectivity index is 1.45. The lowest BCUT2D eigenvalue weighted by Crippen LogP contribution is -2.47. The molecule has 0 unspecified atom stereocenters. The fourth-order valence-corrected chi connectivity index (χ4v) is 4.10. The van der Waals surface area contributed by atoms with Gasteiger partial charge >= 0.3 is 0 Å². The van der Waals surface area contributed by atoms with Gasteiger partial charge in [0.1, 0.15) is 0 Å². The van der Waals surface area contributed by atoms with Gasteiger partial charge in [-0.1, -0.05) is 19.3 Å². The van der Waals surface area contributed by atoms with E-state index in [2.05, 4.69) is 15.3 Å². The van der Waals surface area contributed by atoms with Crippen molar-refractivity contribution in [3.05, 3.63) is 18.0 Å². The average Bonchev–Trinajstić information content (AvgIpc) is 3.05. The number of likely N-dealkylation sites (tertiary alicyclic amines) is 1. The van der Waals surface area contributed by atoms with Crippen molar-refractivity contribution in [2.45, 2.75) is 57.1 Å². The highest BCUT2D eigenvalue weighted by Crippen LogP contribution is 2.30. The lowest BCUT2D eigenvalue weighted by molar-refractivity contribution is -0.0332. The quantitative estimate of drug-likeness (QED) is 0.859. The first-order chi connectivity index (χ1) is 11.6. The summed E-state index contributed by atoms with van der Waals surface area (Å²) in [5, 5.41) is 17.6. The van der Waals surface area contributed by atoms with Crippen molar-refractivity contribution < 1.29 is 9.90 Å². The van der Waals surface area contributed by atoms with Gasteiger partial charge in [0.15, 0.2) is 0 Å². The average molecular weight is 334 g/mol. The van der Waals surface area contributed by atoms with E-state index in [-0.39, 0.29) is 5.91 Å². The Bertz CT molecular complexity index is 543. The number of nitrogens with one attached hydrogen (secondary N) is 1. The van der Waals surface area contributed by atoms with Crippen molar-refractivity contribution in [3.8, 4) is 0 Å². The molecule has 2 heterocycles. The summed E-state index contributed by atoms with van der Waals surface area (Å²) in [4.78, 5) is 14.0. The van der Waals surface area contributed by atoms with E-state index in [0.717, 1.165) is 51.9 Å². The minimum atomic E-state index is -0.449. The van der Waals surface area contributed by atoms with Gasteiger partial charge < -0.3 is 15.3 Å². The predicted octanol–water partition coefficient (Wildman–Crippen LogP) is 1.65. The van der Waals surface area contributed by atoms with Gasteiger partial charge in [-0.15, -0.1) is 0 Å². The molecular weight excluding hydrogens is 304 g/mol. The molecule has 1 saturated carbocycles. The number of aliphatic hydroxyl groups is 1. The van der Waals surface area contributed by atoms with Crippen LogP contribution in [0.2, 0.25) is 0 Å². The van der Waals surface area contributed by atoms with E-state index in [0.29, 0.717) is 11.5 Å². The molecule has 0 atom stereocenters. The minimum absolute atomic E-state index is 0.0863. The molecule has 2 N–H and O–H groups in total. The lowest BCUT2D eigenvalue weighted by Gasteiger charge is -2.40. The molecule has 134 valence electrons. The molecule has 1 amide bonds. The molecule has 0 spiro atoms. The van der Waals surface area contributed by atoms with E-state index in [1.54, 1.807) is 13.2 Å². The Morgan fingerprint density at radius 1 is 1.33 bits per heavy atom. The highest BCUT2D eigenvalue weighted by Gasteiger charge is 2.32. The largest absolute Gasteiger partial charge is 0.389 e. The van der Waals surface area contributed by atoms with Crippen LogP contribution >= 0.6 is 0 Å². The van der Waals surface area contributed by atoms with Gasteiger partial charge in [-0.05, 0) is 44.7 Å². The summed E-state index contributed by atoms with van der Waals surface area (Å²) in [6, 6.07) is 0. The van der Waals surface area contributed by atoms with Crippen molar-refractivity contribution in [2.75, 3.05) is 26.7 Å². The lowest BCUT2D eigenvalue weighted by atomic mass is 9.84. The number of β-amino-alcohol motifs (C(OH)–C–C–N with tert-alkyl or cyclic N) is 1. The number of nitrogens with zero attached hydrogens (tertiary/aromatic N) is 3. The van der Waals surface area contributed by atoms with E-state index in [4.69, 9.17) is 0 Å². The Kier molecular flexibility index (Phi) is 5.56. The molecule has 6 heteroatoms. The van der Waals surface area contributed by atoms with Crippen LogP contribution in [0.15, 0.2) is 12.4 Å². The Morgan fingerprint density at radius 2 is 2.04 bits per heavy atom. The monoisotopic (exact) mass is 334 g/mol. The van der Waals surface area contributed by atoms with Gasteiger partial charge in [-0.25, -0.2) is 0 Å². The van der Waals surface area contributed by atoms with E-state index in [1.807, 2.05) is 10.9 Å². The van der Waals surface area contributed by atoms with E-state index in [9.17, 15) is 9.90 Å². The van der Waals surface area contributed by atoms with Crippen LogP contribution in [-0.4, -0.2) is 58.0 Å². The van der Waals surface area contributed by atoms with Crippen LogP contribution < -0.4 is 5.32 Å². The molecule has 1 aliphatic carbocycles. The molecule has 1 aliphatic heterocycles. The first kappa shape index (κ1) is 17.4. The first-order valence-corrected chi connectivity index (χ1v) is 9.27. The van der Waals surface area contributed by atoms with E-state index < -0.39 is 5.60 Å². The van der Waals surface area contributed by atoms with Crippen LogP contribution in [0.1, 0.15) is 55.3 Å². The van der Waals surface area contributed by atoms with E-state index >= 15 is 0 Å². The maximum atomic E-state index is 11.6. The number of amides is 1. The predicted molar refractivity (Wildman–Crippen MR) is 92.8 cm³/mol. The second kappa shape index (κ2) is 7.66. The van der Waals surface area contributed by atoms with Crippen molar-refractivity contribution >= 4 is 5.91 Å². The van der Waals surface area contributed by atoms with Crippen LogP contribution in [0.25, 0.3) is 0 Å². The second-order valence-electron chi connectivity index (χ2n) is 7.53. The molecule has 0 radical (unpaired) electrons. The third-order valence-corrected chi connectivity index (χ3v) is 5.58. The summed E-state index contributed by atoms with van der Waals surface area (Å²) in [7, 11) is 1.63. The molecular formula is C18H30N4O2. The number of carbonyl (C=O) groups excluding carboxylic acids is 1. The summed E-state index contributed by atoms with van der Waals surface area (Å²) in [5.74, 6) is 0.511. The number of rotatable bonds is 5. The summed E-state index contributed by atoms with van der Waals surface area (Å²) >= 11 is 0. The number of hydrogen-bond donors (Lipinski definition) is 2. The van der Waals surface area contributed by atoms with Gasteiger partial charge in [-0.2, -0.15) is 5.10 Å². The topological polar surface area (TPSA) is 70.4 Å². The molecule has 6 nitrogen and oxygen atoms in total. The third kappa shape index (κ3) is 4.36. The van der Waals surface area contributed by atoms with Crippen molar-refractivity contribution in [1.29, 1.82) is 0 Å². The molecule has 1 aromatic heterocycles. The Morgan fingerprint density at radius 3 is 2.71 bits per heavy atom. The maximum Gasteiger partial charge on any atom is 0.254 e. The van der Waals surface area contributed by atoms with Crippen molar-refractivity contribution in [3.63, 3.8) is 0 Å². The summed E-state index contributed by atoms with van der Waals surface area (Å²) in [6.07, 6.45) is 11.2. The fraction of sp³-hybridized carbons (Fsp3) is 0.778. The highest BCUT2D eigenvalue weighted by atomic mass is 16.3. The fourth-order valence-electron chi connectivity index (χ4n) is 4.10. The summed E-state index contributed by atoms with van der Waals surface area (Å²) < 4.78 is 1.89. The standard InChI is InChI=1S/C18H30N4O2/c1-19-17(23)16-11-20-22(13-16)12-15-5-9-21(10-6-15)14-18(24)7-3-2-4-8-18/h11,13,15,24H,2-10,12,14H2,1H3,(H,19,23). The van der Waals surface area contributed by atoms with Crippen molar-refractivity contribution in [2.24, 2.45) is 5.92 Å². The zero-order valence-corrected chi connectivity index (χ0v) is 14.7. The number of carbonyl (C=O) groups is 1. The van der Waals surface area contributed by atoms with Crippen LogP contribution in [-0.2, 0) is 6.54 Å². The Hall–Kier alpha value is -1.40. The minimum Gasteiger partial charge on any atom is -0.389 e. The Labute approximate surface area is 144 Å². The van der Waals surface area contributed by atoms with E-state index in [1.165, 1.54) is 19.3 Å². The maximum absolute atomic E-state index is 11.6. The molecule has 24 heavy (non-hydrogen) atoms. The van der Waals surface area contributed by atoms with Gasteiger partial charge in [0.25, 0.3) is 5.91 Å². The van der Waals surface area contributed by atoms with Gasteiger partial charge in [0, 0.05) is 26.3 Å². The highest BCUT2D eigenvalue weighted by molar-refractivity contribution is 5.93. The number of hydrogen-bond acceptors (Lipinski definition) is 4. The van der Waals surface area contributed by atoms with Gasteiger partial charge in [0.05, 0.1) is 17.4 Å². The van der Waals surface area contributed by atoms with Crippen LogP contribution in [0.5, 0.6) is 0 Å². The molecule has 1 aromatic rings. The normalized spacial score (nSPS) is 22.4. The molecule has 2 aliphatic rings. The molecule has 0 bridgehead atoms. The number of aromatic nitrogens is 2. The zero-order chi connectivity index (χ0) is 17.0. The van der Waals surface area contributed by atoms with Gasteiger partial charge in [0.2, 0.25) is 0 Å². The summed E-state index contributed by atoms with van der Waals surface area (Å²) in [5.41, 5.74) is 0.171. The first-order valence-electron chi connectivity index (χ1n) is 9.27. The molecule has 1 saturated heterocycles. The van der Waals surface area contributed by atoms with Crippen LogP contribution in [0.4, 0.5) is 0 Å². The molecule has 2 fully saturated rings. The summed E-state index contributed by atoms with van der Waals surface area (Å²) in [6.45, 7) is 3.81. The van der Waals surface area contributed by atoms with Crippen molar-refractivity contribution in [1.82, 2.24) is 20.0 Å². The van der Waals surface area contributed by atoms with Crippen LogP contribution in [0, 0.1) is 5.92 Å². The number of piperidine rings is 1. The third-order valence-electron chi connectivity index (χ3n) is 5.58. The molecule has 0 aromatic carbocycles. The molecule has 3 rings (SSSR count). The smallest absolute Gasteiger partial charge is 0.254 e. The second-order valence-corrected chi connectivity index (χ2v) is 7.53. The zero-order valence-electron chi connectivity index (χ0n) is 14.7. The van der Waals surface area contributed by atoms with Gasteiger partial charge in [-0.3, -0.25) is 9.48 Å².